The van der Waals surface area contributed by atoms with Gasteiger partial charge < -0.3 is 11.5 Å². The maximum Gasteiger partial charge on any atom is 0.210 e. The predicted molar refractivity (Wildman–Crippen MR) is 230 cm³/mol. The maximum absolute atomic E-state index is 5.79. The first-order chi connectivity index (χ1) is 28.5. The smallest absolute Gasteiger partial charge is 0.210 e. The Labute approximate surface area is 342 Å². The lowest BCUT2D eigenvalue weighted by molar-refractivity contribution is -0.596. The van der Waals surface area contributed by atoms with Gasteiger partial charge in [0.15, 0.2) is 24.8 Å². The van der Waals surface area contributed by atoms with Crippen molar-refractivity contribution in [1.29, 1.82) is 0 Å². The van der Waals surface area contributed by atoms with E-state index in [1.165, 1.54) is 5.56 Å². The molecule has 0 saturated carbocycles. The van der Waals surface area contributed by atoms with E-state index < -0.39 is 0 Å². The molecule has 0 radical (unpaired) electrons. The van der Waals surface area contributed by atoms with Crippen molar-refractivity contribution in [3.63, 3.8) is 0 Å². The molecule has 58 heavy (non-hydrogen) atoms. The van der Waals surface area contributed by atoms with Crippen molar-refractivity contribution in [3.05, 3.63) is 230 Å². The second-order valence-corrected chi connectivity index (χ2v) is 12.9. The van der Waals surface area contributed by atoms with Crippen molar-refractivity contribution in [2.24, 2.45) is 0 Å². The molecule has 0 aliphatic rings. The van der Waals surface area contributed by atoms with E-state index in [9.17, 15) is 0 Å². The van der Waals surface area contributed by atoms with Crippen LogP contribution in [-0.2, 0) is 6.42 Å². The number of para-hydroxylation sites is 1. The van der Waals surface area contributed by atoms with Crippen LogP contribution in [0.25, 0.3) is 33.9 Å². The monoisotopic (exact) mass is 780 g/mol. The lowest BCUT2D eigenvalue weighted by Gasteiger charge is -2.09. The van der Waals surface area contributed by atoms with Gasteiger partial charge in [0, 0.05) is 40.4 Å². The van der Waals surface area contributed by atoms with E-state index in [-0.39, 0.29) is 0 Å². The number of anilines is 2. The molecule has 4 N–H and O–H groups in total. The minimum absolute atomic E-state index is 0.444. The van der Waals surface area contributed by atoms with E-state index >= 15 is 0 Å². The summed E-state index contributed by atoms with van der Waals surface area (Å²) in [6.45, 7) is 0. The molecule has 0 aliphatic heterocycles. The summed E-state index contributed by atoms with van der Waals surface area (Å²) in [5.74, 6) is 0.898. The number of nitrogens with two attached hydrogens (primary N) is 2. The maximum atomic E-state index is 5.79. The number of benzene rings is 5. The third kappa shape index (κ3) is 12.4. The molecule has 0 unspecified atom stereocenters. The summed E-state index contributed by atoms with van der Waals surface area (Å²) in [6, 6.07) is 53.5. The Morgan fingerprint density at radius 1 is 0.448 bits per heavy atom. The van der Waals surface area contributed by atoms with Gasteiger partial charge in [-0.25, -0.2) is 0 Å². The molecule has 4 aromatic heterocycles. The van der Waals surface area contributed by atoms with E-state index in [4.69, 9.17) is 23.1 Å². The van der Waals surface area contributed by atoms with Crippen LogP contribution >= 0.6 is 11.6 Å². The first kappa shape index (κ1) is 40.0. The first-order valence-electron chi connectivity index (χ1n) is 18.3. The first-order valence-corrected chi connectivity index (χ1v) is 18.7. The molecule has 284 valence electrons. The molecule has 0 spiro atoms. The Morgan fingerprint density at radius 3 is 1.47 bits per heavy atom. The van der Waals surface area contributed by atoms with Gasteiger partial charge in [0.2, 0.25) is 11.4 Å². The van der Waals surface area contributed by atoms with Crippen LogP contribution in [0.5, 0.6) is 0 Å². The van der Waals surface area contributed by atoms with E-state index in [1.807, 2.05) is 167 Å². The molecule has 0 bridgehead atoms. The molecule has 0 saturated heterocycles. The fourth-order valence-corrected chi connectivity index (χ4v) is 5.67. The highest BCUT2D eigenvalue weighted by Gasteiger charge is 2.09. The predicted octanol–water partition coefficient (Wildman–Crippen LogP) is 8.41. The quantitative estimate of drug-likeness (QED) is 0.161. The van der Waals surface area contributed by atoms with Gasteiger partial charge in [0.05, 0.1) is 36.2 Å². The Morgan fingerprint density at radius 2 is 0.931 bits per heavy atom. The number of hydrogen-bond acceptors (Lipinski definition) is 8. The van der Waals surface area contributed by atoms with Crippen LogP contribution in [0.1, 0.15) is 11.1 Å². The highest BCUT2D eigenvalue weighted by Crippen LogP contribution is 2.24. The van der Waals surface area contributed by atoms with Crippen LogP contribution in [-0.4, -0.2) is 30.4 Å². The van der Waals surface area contributed by atoms with Crippen LogP contribution in [0, 0.1) is 0 Å². The molecule has 5 aromatic carbocycles. The molecule has 10 nitrogen and oxygen atoms in total. The molecule has 11 heteroatoms. The van der Waals surface area contributed by atoms with Crippen LogP contribution in [0.15, 0.2) is 213 Å². The average molecular weight is 781 g/mol. The molecule has 0 aliphatic carbocycles. The SMILES string of the molecule is Clc1ccc(-[n+]2ccncc2)cc1.Nc1cc(Cc2ccccc2)c(-c2ccccc2)nn1.Nc1ccc(-c2ccccc2)nn1.c1ccc(-[n+]2ccncc2)cc1. The Balaban J connectivity index is 0.000000134. The summed E-state index contributed by atoms with van der Waals surface area (Å²) < 4.78 is 4.00. The van der Waals surface area contributed by atoms with Crippen LogP contribution in [0.4, 0.5) is 11.6 Å². The third-order valence-electron chi connectivity index (χ3n) is 8.36. The van der Waals surface area contributed by atoms with Gasteiger partial charge in [-0.2, -0.15) is 9.13 Å². The van der Waals surface area contributed by atoms with Crippen LogP contribution in [0.2, 0.25) is 5.02 Å². The van der Waals surface area contributed by atoms with Crippen molar-refractivity contribution in [2.75, 3.05) is 11.5 Å². The zero-order valence-corrected chi connectivity index (χ0v) is 32.3. The Kier molecular flexibility index (Phi) is 14.8. The normalized spacial score (nSPS) is 10.0. The van der Waals surface area contributed by atoms with Crippen molar-refractivity contribution in [2.45, 2.75) is 6.42 Å². The number of nitrogens with zero attached hydrogens (tertiary/aromatic N) is 8. The topological polar surface area (TPSA) is 137 Å². The fraction of sp³-hybridized carbons (Fsp3) is 0.0213. The summed E-state index contributed by atoms with van der Waals surface area (Å²) in [7, 11) is 0. The van der Waals surface area contributed by atoms with Crippen LogP contribution in [0.3, 0.4) is 0 Å². The summed E-state index contributed by atoms with van der Waals surface area (Å²) in [5, 5.41) is 16.8. The van der Waals surface area contributed by atoms with Gasteiger partial charge in [-0.1, -0.05) is 121 Å². The Hall–Kier alpha value is -7.69. The van der Waals surface area contributed by atoms with Crippen molar-refractivity contribution in [1.82, 2.24) is 30.4 Å². The zero-order chi connectivity index (χ0) is 40.2. The lowest BCUT2D eigenvalue weighted by Crippen LogP contribution is -2.29. The van der Waals surface area contributed by atoms with Gasteiger partial charge >= 0.3 is 0 Å². The largest absolute Gasteiger partial charge is 0.382 e. The van der Waals surface area contributed by atoms with Crippen molar-refractivity contribution in [3.8, 4) is 33.9 Å². The average Bonchev–Trinajstić information content (AvgIpc) is 3.29. The van der Waals surface area contributed by atoms with E-state index in [1.54, 1.807) is 30.9 Å². The molecular weight excluding hydrogens is 740 g/mol. The lowest BCUT2D eigenvalue weighted by atomic mass is 10.00. The molecule has 0 fully saturated rings. The highest BCUT2D eigenvalue weighted by atomic mass is 35.5. The van der Waals surface area contributed by atoms with Gasteiger partial charge in [-0.05, 0) is 47.9 Å². The second-order valence-electron chi connectivity index (χ2n) is 12.5. The molecule has 0 amide bonds. The molecule has 9 rings (SSSR count). The van der Waals surface area contributed by atoms with Crippen LogP contribution < -0.4 is 20.6 Å². The molecular formula is C47H41ClN10+2. The Bertz CT molecular complexity index is 2400. The number of aromatic nitrogens is 8. The minimum atomic E-state index is 0.444. The summed E-state index contributed by atoms with van der Waals surface area (Å²) in [6.07, 6.45) is 15.5. The van der Waals surface area contributed by atoms with Crippen molar-refractivity contribution >= 4 is 23.2 Å². The van der Waals surface area contributed by atoms with E-state index in [2.05, 4.69) is 54.6 Å². The number of halogens is 1. The number of nitrogen functional groups attached to an aromatic ring is 2. The summed E-state index contributed by atoms with van der Waals surface area (Å²) in [4.78, 5) is 7.89. The minimum Gasteiger partial charge on any atom is -0.382 e. The van der Waals surface area contributed by atoms with Crippen molar-refractivity contribution < 1.29 is 9.13 Å². The molecule has 0 atom stereocenters. The standard InChI is InChI=1S/C17H15N3.C10H8ClN2.C10H9N3.C10H9N2/c18-16-12-15(11-13-7-3-1-4-8-13)17(20-19-16)14-9-5-2-6-10-14;11-9-1-3-10(4-2-9)13-7-5-12-6-8-13;11-10-7-6-9(12-13-10)8-4-2-1-3-5-8;1-2-4-10(5-3-1)12-8-6-11-7-9-12/h1-10,12H,11H2,(H2,18,19);1-8H;1-7H,(H2,11,13);1-9H/q;+1;;+1. The summed E-state index contributed by atoms with van der Waals surface area (Å²) in [5.41, 5.74) is 19.6. The molecule has 4 heterocycles. The van der Waals surface area contributed by atoms with Gasteiger partial charge in [-0.3, -0.25) is 9.97 Å². The number of rotatable bonds is 6. The van der Waals surface area contributed by atoms with Gasteiger partial charge in [0.25, 0.3) is 0 Å². The summed E-state index contributed by atoms with van der Waals surface area (Å²) >= 11 is 5.78. The fourth-order valence-electron chi connectivity index (χ4n) is 5.54. The van der Waals surface area contributed by atoms with E-state index in [0.717, 1.165) is 50.9 Å². The number of hydrogen-bond donors (Lipinski definition) is 2. The molecule has 9 aromatic rings. The third-order valence-corrected chi connectivity index (χ3v) is 8.62. The van der Waals surface area contributed by atoms with Gasteiger partial charge in [0.1, 0.15) is 11.6 Å². The second kappa shape index (κ2) is 21.4. The van der Waals surface area contributed by atoms with E-state index in [0.29, 0.717) is 11.6 Å². The highest BCUT2D eigenvalue weighted by molar-refractivity contribution is 6.30. The van der Waals surface area contributed by atoms with Gasteiger partial charge in [-0.15, -0.1) is 20.4 Å². The zero-order valence-electron chi connectivity index (χ0n) is 31.5.